The quantitative estimate of drug-likeness (QED) is 0.761. The Labute approximate surface area is 171 Å². The van der Waals surface area contributed by atoms with Gasteiger partial charge in [0.15, 0.2) is 5.76 Å². The van der Waals surface area contributed by atoms with Crippen LogP contribution in [0.15, 0.2) is 16.8 Å². The van der Waals surface area contributed by atoms with Gasteiger partial charge in [0.2, 0.25) is 5.91 Å². The van der Waals surface area contributed by atoms with Gasteiger partial charge in [-0.25, -0.2) is 9.97 Å². The maximum atomic E-state index is 12.7. The molecule has 1 amide bonds. The predicted octanol–water partition coefficient (Wildman–Crippen LogP) is 2.04. The molecule has 2 aromatic rings. The lowest BCUT2D eigenvalue weighted by Gasteiger charge is -2.35. The SMILES string of the molecule is CCc1ncc(-c2cc(C)no2)c([C@H]2CCCN(CC(=O)N3CCOCC3)C2)n1. The lowest BCUT2D eigenvalue weighted by atomic mass is 9.91. The van der Waals surface area contributed by atoms with Crippen LogP contribution in [0.3, 0.4) is 0 Å². The number of carbonyl (C=O) groups excluding carboxylic acids is 1. The number of nitrogens with zero attached hydrogens (tertiary/aromatic N) is 5. The van der Waals surface area contributed by atoms with Crippen molar-refractivity contribution in [2.45, 2.75) is 39.0 Å². The van der Waals surface area contributed by atoms with Gasteiger partial charge in [0.05, 0.1) is 36.7 Å². The van der Waals surface area contributed by atoms with E-state index in [-0.39, 0.29) is 11.8 Å². The van der Waals surface area contributed by atoms with Gasteiger partial charge in [0.1, 0.15) is 5.82 Å². The van der Waals surface area contributed by atoms with E-state index in [0.29, 0.717) is 38.6 Å². The molecule has 8 heteroatoms. The molecule has 0 bridgehead atoms. The van der Waals surface area contributed by atoms with Gasteiger partial charge in [-0.3, -0.25) is 9.69 Å². The minimum atomic E-state index is 0.192. The Balaban J connectivity index is 1.52. The summed E-state index contributed by atoms with van der Waals surface area (Å²) in [7, 11) is 0. The third-order valence-electron chi connectivity index (χ3n) is 5.69. The Morgan fingerprint density at radius 1 is 1.28 bits per heavy atom. The van der Waals surface area contributed by atoms with Crippen LogP contribution in [0.2, 0.25) is 0 Å². The Hall–Kier alpha value is -2.32. The number of aryl methyl sites for hydroxylation is 2. The summed E-state index contributed by atoms with van der Waals surface area (Å²) < 4.78 is 10.9. The molecule has 0 aliphatic carbocycles. The van der Waals surface area contributed by atoms with E-state index in [1.165, 1.54) is 0 Å². The van der Waals surface area contributed by atoms with Crippen LogP contribution in [0.4, 0.5) is 0 Å². The van der Waals surface area contributed by atoms with Crippen molar-refractivity contribution >= 4 is 5.91 Å². The Morgan fingerprint density at radius 2 is 2.10 bits per heavy atom. The first-order valence-electron chi connectivity index (χ1n) is 10.5. The summed E-state index contributed by atoms with van der Waals surface area (Å²) in [6, 6.07) is 1.93. The maximum Gasteiger partial charge on any atom is 0.236 e. The average Bonchev–Trinajstić information content (AvgIpc) is 3.20. The number of morpholine rings is 1. The molecule has 2 aliphatic heterocycles. The van der Waals surface area contributed by atoms with Crippen LogP contribution in [0.25, 0.3) is 11.3 Å². The molecule has 29 heavy (non-hydrogen) atoms. The molecule has 4 rings (SSSR count). The van der Waals surface area contributed by atoms with E-state index in [1.807, 2.05) is 24.1 Å². The lowest BCUT2D eigenvalue weighted by Crippen LogP contribution is -2.47. The number of piperidine rings is 1. The molecule has 2 fully saturated rings. The zero-order valence-corrected chi connectivity index (χ0v) is 17.3. The number of amides is 1. The summed E-state index contributed by atoms with van der Waals surface area (Å²) in [6.07, 6.45) is 4.73. The van der Waals surface area contributed by atoms with Crippen molar-refractivity contribution in [3.05, 3.63) is 29.5 Å². The van der Waals surface area contributed by atoms with Crippen molar-refractivity contribution in [2.24, 2.45) is 0 Å². The average molecular weight is 399 g/mol. The van der Waals surface area contributed by atoms with Gasteiger partial charge >= 0.3 is 0 Å². The fourth-order valence-electron chi connectivity index (χ4n) is 4.12. The molecule has 0 saturated carbocycles. The van der Waals surface area contributed by atoms with Crippen molar-refractivity contribution in [3.8, 4) is 11.3 Å². The van der Waals surface area contributed by atoms with Gasteiger partial charge in [0.25, 0.3) is 0 Å². The van der Waals surface area contributed by atoms with Crippen LogP contribution >= 0.6 is 0 Å². The largest absolute Gasteiger partial charge is 0.378 e. The molecule has 0 spiro atoms. The second kappa shape index (κ2) is 9.00. The number of likely N-dealkylation sites (tertiary alicyclic amines) is 1. The van der Waals surface area contributed by atoms with Crippen molar-refractivity contribution in [1.82, 2.24) is 24.9 Å². The molecule has 2 aromatic heterocycles. The van der Waals surface area contributed by atoms with Crippen LogP contribution in [-0.4, -0.2) is 76.8 Å². The summed E-state index contributed by atoms with van der Waals surface area (Å²) >= 11 is 0. The summed E-state index contributed by atoms with van der Waals surface area (Å²) in [5.41, 5.74) is 2.76. The van der Waals surface area contributed by atoms with Crippen LogP contribution < -0.4 is 0 Å². The number of carbonyl (C=O) groups is 1. The first-order valence-corrected chi connectivity index (χ1v) is 10.5. The zero-order valence-electron chi connectivity index (χ0n) is 17.3. The highest BCUT2D eigenvalue weighted by molar-refractivity contribution is 5.78. The Bertz CT molecular complexity index is 847. The summed E-state index contributed by atoms with van der Waals surface area (Å²) in [4.78, 5) is 26.2. The van der Waals surface area contributed by atoms with E-state index >= 15 is 0 Å². The van der Waals surface area contributed by atoms with Crippen molar-refractivity contribution in [2.75, 3.05) is 45.9 Å². The van der Waals surface area contributed by atoms with Crippen molar-refractivity contribution in [1.29, 1.82) is 0 Å². The highest BCUT2D eigenvalue weighted by Gasteiger charge is 2.29. The Kier molecular flexibility index (Phi) is 6.20. The summed E-state index contributed by atoms with van der Waals surface area (Å²) in [5, 5.41) is 4.03. The minimum absolute atomic E-state index is 0.192. The van der Waals surface area contributed by atoms with E-state index in [2.05, 4.69) is 22.0 Å². The summed E-state index contributed by atoms with van der Waals surface area (Å²) in [5.74, 6) is 1.98. The van der Waals surface area contributed by atoms with E-state index < -0.39 is 0 Å². The second-order valence-corrected chi connectivity index (χ2v) is 7.84. The van der Waals surface area contributed by atoms with Crippen LogP contribution in [0.1, 0.15) is 42.9 Å². The van der Waals surface area contributed by atoms with E-state index in [0.717, 1.165) is 55.1 Å². The first-order chi connectivity index (χ1) is 14.1. The van der Waals surface area contributed by atoms with Gasteiger partial charge in [-0.1, -0.05) is 12.1 Å². The molecule has 4 heterocycles. The highest BCUT2D eigenvalue weighted by atomic mass is 16.5. The molecule has 156 valence electrons. The third kappa shape index (κ3) is 4.64. The molecule has 0 aromatic carbocycles. The zero-order chi connectivity index (χ0) is 20.2. The third-order valence-corrected chi connectivity index (χ3v) is 5.69. The molecule has 8 nitrogen and oxygen atoms in total. The molecule has 0 N–H and O–H groups in total. The van der Waals surface area contributed by atoms with Crippen LogP contribution in [0, 0.1) is 6.92 Å². The van der Waals surface area contributed by atoms with Crippen molar-refractivity contribution in [3.63, 3.8) is 0 Å². The van der Waals surface area contributed by atoms with Gasteiger partial charge in [-0.2, -0.15) is 0 Å². The molecule has 0 unspecified atom stereocenters. The predicted molar refractivity (Wildman–Crippen MR) is 107 cm³/mol. The number of ether oxygens (including phenoxy) is 1. The fraction of sp³-hybridized carbons (Fsp3) is 0.619. The van der Waals surface area contributed by atoms with Crippen molar-refractivity contribution < 1.29 is 14.1 Å². The van der Waals surface area contributed by atoms with Crippen LogP contribution in [-0.2, 0) is 16.0 Å². The topological polar surface area (TPSA) is 84.6 Å². The number of hydrogen-bond acceptors (Lipinski definition) is 7. The standard InChI is InChI=1S/C21H29N5O3/c1-3-19-22-12-17(18-11-15(2)24-29-18)21(23-19)16-5-4-6-25(13-16)14-20(27)26-7-9-28-10-8-26/h11-12,16H,3-10,13-14H2,1-2H3/t16-/m0/s1. The fourth-order valence-corrected chi connectivity index (χ4v) is 4.12. The minimum Gasteiger partial charge on any atom is -0.378 e. The molecular weight excluding hydrogens is 370 g/mol. The lowest BCUT2D eigenvalue weighted by molar-refractivity contribution is -0.136. The molecule has 2 saturated heterocycles. The normalized spacial score (nSPS) is 20.8. The van der Waals surface area contributed by atoms with Gasteiger partial charge in [-0.05, 0) is 26.3 Å². The van der Waals surface area contributed by atoms with Gasteiger partial charge in [0, 0.05) is 44.2 Å². The monoisotopic (exact) mass is 399 g/mol. The molecule has 0 radical (unpaired) electrons. The molecule has 2 aliphatic rings. The number of aromatic nitrogens is 3. The Morgan fingerprint density at radius 3 is 2.83 bits per heavy atom. The number of hydrogen-bond donors (Lipinski definition) is 0. The van der Waals surface area contributed by atoms with E-state index in [4.69, 9.17) is 14.2 Å². The summed E-state index contributed by atoms with van der Waals surface area (Å²) in [6.45, 7) is 8.83. The second-order valence-electron chi connectivity index (χ2n) is 7.84. The van der Waals surface area contributed by atoms with Crippen LogP contribution in [0.5, 0.6) is 0 Å². The van der Waals surface area contributed by atoms with Gasteiger partial charge < -0.3 is 14.2 Å². The maximum absolute atomic E-state index is 12.7. The molecular formula is C21H29N5O3. The molecule has 1 atom stereocenters. The highest BCUT2D eigenvalue weighted by Crippen LogP contribution is 2.33. The first kappa shape index (κ1) is 20.0. The number of rotatable bonds is 5. The van der Waals surface area contributed by atoms with E-state index in [1.54, 1.807) is 0 Å². The smallest absolute Gasteiger partial charge is 0.236 e. The van der Waals surface area contributed by atoms with Gasteiger partial charge in [-0.15, -0.1) is 0 Å². The van der Waals surface area contributed by atoms with E-state index in [9.17, 15) is 4.79 Å².